The van der Waals surface area contributed by atoms with E-state index in [1.165, 1.54) is 32.1 Å². The molecule has 1 heterocycles. The number of rotatable bonds is 1. The molecule has 0 radical (unpaired) electrons. The average molecular weight is 182 g/mol. The van der Waals surface area contributed by atoms with Crippen molar-refractivity contribution in [2.45, 2.75) is 51.0 Å². The zero-order valence-electron chi connectivity index (χ0n) is 8.09. The van der Waals surface area contributed by atoms with Crippen LogP contribution < -0.4 is 5.43 Å². The van der Waals surface area contributed by atoms with E-state index in [4.69, 9.17) is 0 Å². The lowest BCUT2D eigenvalue weighted by molar-refractivity contribution is -0.141. The molecule has 1 amide bonds. The Morgan fingerprint density at radius 2 is 1.92 bits per heavy atom. The van der Waals surface area contributed by atoms with E-state index in [1.54, 1.807) is 0 Å². The van der Waals surface area contributed by atoms with Crippen molar-refractivity contribution < 1.29 is 4.79 Å². The van der Waals surface area contributed by atoms with Gasteiger partial charge in [0.2, 0.25) is 5.91 Å². The van der Waals surface area contributed by atoms with Crippen LogP contribution in [0.4, 0.5) is 0 Å². The summed E-state index contributed by atoms with van der Waals surface area (Å²) in [7, 11) is 0. The first-order valence-corrected chi connectivity index (χ1v) is 5.43. The van der Waals surface area contributed by atoms with Crippen molar-refractivity contribution in [2.24, 2.45) is 0 Å². The van der Waals surface area contributed by atoms with Gasteiger partial charge in [0.05, 0.1) is 0 Å². The molecule has 3 heteroatoms. The Bertz CT molecular complexity index is 187. The van der Waals surface area contributed by atoms with E-state index in [9.17, 15) is 4.79 Å². The molecule has 74 valence electrons. The molecular formula is C10H18N2O. The van der Waals surface area contributed by atoms with Crippen LogP contribution in [0.1, 0.15) is 44.9 Å². The van der Waals surface area contributed by atoms with Crippen LogP contribution in [0.5, 0.6) is 0 Å². The molecule has 0 aromatic rings. The Morgan fingerprint density at radius 3 is 2.62 bits per heavy atom. The average Bonchev–Trinajstić information content (AvgIpc) is 2.20. The molecule has 0 spiro atoms. The van der Waals surface area contributed by atoms with Crippen molar-refractivity contribution in [3.8, 4) is 0 Å². The highest BCUT2D eigenvalue weighted by Gasteiger charge is 2.26. The fourth-order valence-electron chi connectivity index (χ4n) is 2.32. The van der Waals surface area contributed by atoms with Crippen LogP contribution in [0.15, 0.2) is 0 Å². The molecule has 1 saturated carbocycles. The van der Waals surface area contributed by atoms with Crippen LogP contribution >= 0.6 is 0 Å². The molecular weight excluding hydrogens is 164 g/mol. The standard InChI is InChI=1S/C10H18N2O/c13-10-7-4-8-11-12(10)9-5-2-1-3-6-9/h9,11H,1-8H2. The van der Waals surface area contributed by atoms with E-state index in [2.05, 4.69) is 5.43 Å². The fourth-order valence-corrected chi connectivity index (χ4v) is 2.32. The summed E-state index contributed by atoms with van der Waals surface area (Å²) in [6.45, 7) is 0.974. The Morgan fingerprint density at radius 1 is 1.15 bits per heavy atom. The molecule has 2 aliphatic rings. The van der Waals surface area contributed by atoms with Gasteiger partial charge in [-0.25, -0.2) is 5.43 Å². The second-order valence-electron chi connectivity index (χ2n) is 4.07. The molecule has 1 aliphatic carbocycles. The lowest BCUT2D eigenvalue weighted by Gasteiger charge is -2.37. The van der Waals surface area contributed by atoms with Crippen molar-refractivity contribution in [1.29, 1.82) is 0 Å². The summed E-state index contributed by atoms with van der Waals surface area (Å²) >= 11 is 0. The number of carbonyl (C=O) groups is 1. The van der Waals surface area contributed by atoms with Crippen LogP contribution in [0.3, 0.4) is 0 Å². The summed E-state index contributed by atoms with van der Waals surface area (Å²) in [5, 5.41) is 1.91. The molecule has 0 aromatic carbocycles. The number of hydrazine groups is 1. The van der Waals surface area contributed by atoms with Crippen molar-refractivity contribution in [2.75, 3.05) is 6.54 Å². The first-order valence-electron chi connectivity index (χ1n) is 5.43. The highest BCUT2D eigenvalue weighted by atomic mass is 16.2. The highest BCUT2D eigenvalue weighted by Crippen LogP contribution is 2.23. The molecule has 0 bridgehead atoms. The molecule has 2 rings (SSSR count). The Hall–Kier alpha value is -0.570. The van der Waals surface area contributed by atoms with E-state index >= 15 is 0 Å². The summed E-state index contributed by atoms with van der Waals surface area (Å²) in [6.07, 6.45) is 8.05. The molecule has 1 N–H and O–H groups in total. The number of amides is 1. The summed E-state index contributed by atoms with van der Waals surface area (Å²) in [5.41, 5.74) is 3.22. The minimum Gasteiger partial charge on any atom is -0.275 e. The number of hydrogen-bond donors (Lipinski definition) is 1. The van der Waals surface area contributed by atoms with Gasteiger partial charge >= 0.3 is 0 Å². The SMILES string of the molecule is O=C1CCCNN1C1CCCCC1. The maximum atomic E-state index is 11.6. The van der Waals surface area contributed by atoms with Gasteiger partial charge in [0.25, 0.3) is 0 Å². The number of carbonyl (C=O) groups excluding carboxylic acids is 1. The molecule has 0 unspecified atom stereocenters. The second kappa shape index (κ2) is 4.09. The van der Waals surface area contributed by atoms with Crippen molar-refractivity contribution in [3.05, 3.63) is 0 Å². The van der Waals surface area contributed by atoms with Crippen LogP contribution in [0.2, 0.25) is 0 Å². The van der Waals surface area contributed by atoms with Gasteiger partial charge in [-0.3, -0.25) is 9.80 Å². The Labute approximate surface area is 79.5 Å². The van der Waals surface area contributed by atoms with E-state index in [0.29, 0.717) is 11.9 Å². The van der Waals surface area contributed by atoms with Crippen molar-refractivity contribution in [1.82, 2.24) is 10.4 Å². The topological polar surface area (TPSA) is 32.3 Å². The third-order valence-corrected chi connectivity index (χ3v) is 3.06. The van der Waals surface area contributed by atoms with Gasteiger partial charge in [0, 0.05) is 19.0 Å². The monoisotopic (exact) mass is 182 g/mol. The maximum Gasteiger partial charge on any atom is 0.236 e. The van der Waals surface area contributed by atoms with Gasteiger partial charge in [-0.15, -0.1) is 0 Å². The number of nitrogens with one attached hydrogen (secondary N) is 1. The molecule has 2 fully saturated rings. The summed E-state index contributed by atoms with van der Waals surface area (Å²) in [4.78, 5) is 11.6. The molecule has 1 saturated heterocycles. The number of nitrogens with zero attached hydrogens (tertiary/aromatic N) is 1. The van der Waals surface area contributed by atoms with Gasteiger partial charge in [0.1, 0.15) is 0 Å². The van der Waals surface area contributed by atoms with Gasteiger partial charge in [-0.05, 0) is 19.3 Å². The van der Waals surface area contributed by atoms with Gasteiger partial charge in [0.15, 0.2) is 0 Å². The van der Waals surface area contributed by atoms with E-state index < -0.39 is 0 Å². The van der Waals surface area contributed by atoms with Crippen LogP contribution in [0.25, 0.3) is 0 Å². The van der Waals surface area contributed by atoms with E-state index in [1.807, 2.05) is 5.01 Å². The minimum absolute atomic E-state index is 0.304. The molecule has 3 nitrogen and oxygen atoms in total. The Balaban J connectivity index is 1.92. The Kier molecular flexibility index (Phi) is 2.83. The zero-order chi connectivity index (χ0) is 9.10. The predicted molar refractivity (Wildman–Crippen MR) is 51.0 cm³/mol. The normalized spacial score (nSPS) is 26.5. The molecule has 13 heavy (non-hydrogen) atoms. The third-order valence-electron chi connectivity index (χ3n) is 3.06. The van der Waals surface area contributed by atoms with Crippen LogP contribution in [-0.4, -0.2) is 23.5 Å². The quantitative estimate of drug-likeness (QED) is 0.665. The van der Waals surface area contributed by atoms with Crippen LogP contribution in [-0.2, 0) is 4.79 Å². The summed E-state index contributed by atoms with van der Waals surface area (Å²) in [5.74, 6) is 0.304. The zero-order valence-corrected chi connectivity index (χ0v) is 8.09. The van der Waals surface area contributed by atoms with Crippen molar-refractivity contribution in [3.63, 3.8) is 0 Å². The van der Waals surface area contributed by atoms with Crippen LogP contribution in [0, 0.1) is 0 Å². The minimum atomic E-state index is 0.304. The second-order valence-corrected chi connectivity index (χ2v) is 4.07. The van der Waals surface area contributed by atoms with E-state index in [0.717, 1.165) is 19.4 Å². The predicted octanol–water partition coefficient (Wildman–Crippen LogP) is 1.45. The van der Waals surface area contributed by atoms with Gasteiger partial charge in [-0.2, -0.15) is 0 Å². The highest BCUT2D eigenvalue weighted by molar-refractivity contribution is 5.76. The smallest absolute Gasteiger partial charge is 0.236 e. The summed E-state index contributed by atoms with van der Waals surface area (Å²) < 4.78 is 0. The van der Waals surface area contributed by atoms with E-state index in [-0.39, 0.29) is 0 Å². The number of hydrogen-bond acceptors (Lipinski definition) is 2. The van der Waals surface area contributed by atoms with Gasteiger partial charge in [-0.1, -0.05) is 19.3 Å². The third kappa shape index (κ3) is 2.02. The molecule has 1 aliphatic heterocycles. The largest absolute Gasteiger partial charge is 0.275 e. The van der Waals surface area contributed by atoms with Gasteiger partial charge < -0.3 is 0 Å². The first kappa shape index (κ1) is 9.00. The molecule has 0 atom stereocenters. The fraction of sp³-hybridized carbons (Fsp3) is 0.900. The lowest BCUT2D eigenvalue weighted by atomic mass is 9.94. The lowest BCUT2D eigenvalue weighted by Crippen LogP contribution is -2.53. The first-order chi connectivity index (χ1) is 6.38. The van der Waals surface area contributed by atoms with Crippen molar-refractivity contribution >= 4 is 5.91 Å². The maximum absolute atomic E-state index is 11.6. The molecule has 0 aromatic heterocycles. The summed E-state index contributed by atoms with van der Waals surface area (Å²) in [6, 6.07) is 0.488.